The molecule has 10 heteroatoms. The Kier molecular flexibility index (Phi) is 6.36. The third-order valence-corrected chi connectivity index (χ3v) is 4.32. The molecule has 2 aromatic rings. The summed E-state index contributed by atoms with van der Waals surface area (Å²) in [5.74, 6) is -0.290. The van der Waals surface area contributed by atoms with Crippen LogP contribution < -0.4 is 9.58 Å². The van der Waals surface area contributed by atoms with Gasteiger partial charge in [-0.15, -0.1) is 0 Å². The van der Waals surface area contributed by atoms with E-state index in [1.54, 1.807) is 53.4 Å². The van der Waals surface area contributed by atoms with Gasteiger partial charge < -0.3 is 0 Å². The highest BCUT2D eigenvalue weighted by Crippen LogP contribution is 2.18. The van der Waals surface area contributed by atoms with Gasteiger partial charge >= 0.3 is 0 Å². The minimum absolute atomic E-state index is 0.0140. The Morgan fingerprint density at radius 2 is 2.00 bits per heavy atom. The molecule has 1 aromatic carbocycles. The van der Waals surface area contributed by atoms with E-state index in [1.165, 1.54) is 12.1 Å². The lowest BCUT2D eigenvalue weighted by Gasteiger charge is -2.12. The first kappa shape index (κ1) is 19.5. The van der Waals surface area contributed by atoms with Gasteiger partial charge in [-0.05, 0) is 18.2 Å². The maximum atomic E-state index is 10.7. The first-order chi connectivity index (χ1) is 12.2. The smallest absolute Gasteiger partial charge is 0.269 e. The summed E-state index contributed by atoms with van der Waals surface area (Å²) in [5.41, 5.74) is 1.51. The third-order valence-electron chi connectivity index (χ3n) is 3.51. The molecule has 0 unspecified atom stereocenters. The van der Waals surface area contributed by atoms with Crippen molar-refractivity contribution < 1.29 is 22.5 Å². The van der Waals surface area contributed by atoms with Crippen LogP contribution in [0.25, 0.3) is 0 Å². The summed E-state index contributed by atoms with van der Waals surface area (Å²) in [6.07, 6.45) is 5.52. The van der Waals surface area contributed by atoms with Crippen LogP contribution in [0.4, 0.5) is 11.4 Å². The summed E-state index contributed by atoms with van der Waals surface area (Å²) < 4.78 is 32.0. The summed E-state index contributed by atoms with van der Waals surface area (Å²) in [4.78, 5) is 10.2. The number of non-ortho nitro benzene ring substituents is 1. The predicted molar refractivity (Wildman–Crippen MR) is 96.8 cm³/mol. The van der Waals surface area contributed by atoms with E-state index >= 15 is 0 Å². The number of aryl methyl sites for hydroxylation is 1. The number of nitrogens with zero attached hydrogens (tertiary/aromatic N) is 4. The Morgan fingerprint density at radius 1 is 1.31 bits per heavy atom. The summed E-state index contributed by atoms with van der Waals surface area (Å²) >= 11 is 0. The summed E-state index contributed by atoms with van der Waals surface area (Å²) in [6.45, 7) is 0.444. The summed E-state index contributed by atoms with van der Waals surface area (Å²) in [5, 5.41) is 16.5. The number of nitro groups is 1. The number of hydrogen-bond donors (Lipinski definition) is 1. The van der Waals surface area contributed by atoms with Gasteiger partial charge in [0.1, 0.15) is 6.54 Å². The summed E-state index contributed by atoms with van der Waals surface area (Å²) in [6, 6.07) is 9.68. The molecule has 26 heavy (non-hydrogen) atoms. The standard InChI is InChI=1S/C16H18N4O5S/c1-18(15-5-7-16(8-6-15)20(21)22)17-12-14-4-2-9-19(13-14)10-3-11-26(23,24)25/h2,4-9,12-13H,3,10-11H2,1H3/p+1. The molecule has 0 saturated heterocycles. The number of rotatable bonds is 8. The molecular formula is C16H19N4O5S+. The maximum absolute atomic E-state index is 10.7. The first-order valence-electron chi connectivity index (χ1n) is 7.71. The molecule has 0 bridgehead atoms. The van der Waals surface area contributed by atoms with E-state index in [9.17, 15) is 18.5 Å². The van der Waals surface area contributed by atoms with Gasteiger partial charge in [0.2, 0.25) is 0 Å². The van der Waals surface area contributed by atoms with Crippen LogP contribution in [0.3, 0.4) is 0 Å². The van der Waals surface area contributed by atoms with Crippen molar-refractivity contribution in [2.24, 2.45) is 5.10 Å². The monoisotopic (exact) mass is 379 g/mol. The Morgan fingerprint density at radius 3 is 2.62 bits per heavy atom. The van der Waals surface area contributed by atoms with Crippen molar-refractivity contribution in [3.8, 4) is 0 Å². The molecule has 9 nitrogen and oxygen atoms in total. The van der Waals surface area contributed by atoms with E-state index in [-0.39, 0.29) is 11.4 Å². The van der Waals surface area contributed by atoms with E-state index in [2.05, 4.69) is 5.10 Å². The molecule has 0 atom stereocenters. The fourth-order valence-corrected chi connectivity index (χ4v) is 2.69. The van der Waals surface area contributed by atoms with Crippen molar-refractivity contribution in [1.29, 1.82) is 0 Å². The van der Waals surface area contributed by atoms with Gasteiger partial charge in [0.05, 0.1) is 28.1 Å². The highest BCUT2D eigenvalue weighted by Gasteiger charge is 2.08. The lowest BCUT2D eigenvalue weighted by atomic mass is 10.3. The minimum Gasteiger partial charge on any atom is -0.286 e. The Labute approximate surface area is 151 Å². The molecule has 0 fully saturated rings. The maximum Gasteiger partial charge on any atom is 0.269 e. The largest absolute Gasteiger partial charge is 0.286 e. The van der Waals surface area contributed by atoms with E-state index in [0.29, 0.717) is 18.7 Å². The second-order valence-electron chi connectivity index (χ2n) is 5.56. The Hall–Kier alpha value is -2.85. The number of anilines is 1. The zero-order chi connectivity index (χ0) is 19.2. The topological polar surface area (TPSA) is 117 Å². The number of pyridine rings is 1. The second kappa shape index (κ2) is 8.50. The molecule has 0 aliphatic rings. The van der Waals surface area contributed by atoms with Gasteiger partial charge in [-0.1, -0.05) is 0 Å². The number of hydrazone groups is 1. The number of benzene rings is 1. The molecule has 1 heterocycles. The average molecular weight is 379 g/mol. The van der Waals surface area contributed by atoms with Crippen LogP contribution in [0.1, 0.15) is 12.0 Å². The molecule has 1 N–H and O–H groups in total. The fourth-order valence-electron chi connectivity index (χ4n) is 2.20. The number of nitro benzene ring substituents is 1. The van der Waals surface area contributed by atoms with Crippen LogP contribution in [0.2, 0.25) is 0 Å². The lowest BCUT2D eigenvalue weighted by Crippen LogP contribution is -2.34. The molecule has 0 aliphatic carbocycles. The van der Waals surface area contributed by atoms with Crippen molar-refractivity contribution in [2.45, 2.75) is 13.0 Å². The van der Waals surface area contributed by atoms with Gasteiger partial charge in [-0.2, -0.15) is 13.5 Å². The predicted octanol–water partition coefficient (Wildman–Crippen LogP) is 1.63. The molecule has 0 amide bonds. The van der Waals surface area contributed by atoms with Crippen molar-refractivity contribution in [3.63, 3.8) is 0 Å². The van der Waals surface area contributed by atoms with Crippen molar-refractivity contribution in [3.05, 3.63) is 64.5 Å². The molecule has 0 spiro atoms. The van der Waals surface area contributed by atoms with Crippen molar-refractivity contribution >= 4 is 27.7 Å². The third kappa shape index (κ3) is 6.22. The fraction of sp³-hybridized carbons (Fsp3) is 0.250. The summed E-state index contributed by atoms with van der Waals surface area (Å²) in [7, 11) is -2.23. The first-order valence-corrected chi connectivity index (χ1v) is 9.32. The van der Waals surface area contributed by atoms with E-state index in [4.69, 9.17) is 4.55 Å². The highest BCUT2D eigenvalue weighted by atomic mass is 32.2. The van der Waals surface area contributed by atoms with Crippen LogP contribution >= 0.6 is 0 Å². The van der Waals surface area contributed by atoms with E-state index < -0.39 is 15.0 Å². The minimum atomic E-state index is -3.95. The van der Waals surface area contributed by atoms with Crippen molar-refractivity contribution in [1.82, 2.24) is 0 Å². The van der Waals surface area contributed by atoms with Gasteiger partial charge in [0.15, 0.2) is 12.4 Å². The van der Waals surface area contributed by atoms with Crippen LogP contribution in [-0.2, 0) is 16.7 Å². The number of hydrogen-bond acceptors (Lipinski definition) is 6. The quantitative estimate of drug-likeness (QED) is 0.245. The molecule has 2 rings (SSSR count). The van der Waals surface area contributed by atoms with E-state index in [0.717, 1.165) is 5.56 Å². The Balaban J connectivity index is 2.00. The van der Waals surface area contributed by atoms with Crippen LogP contribution in [0.15, 0.2) is 53.9 Å². The van der Waals surface area contributed by atoms with Crippen LogP contribution in [-0.4, -0.2) is 36.9 Å². The number of aromatic nitrogens is 1. The molecule has 0 radical (unpaired) electrons. The van der Waals surface area contributed by atoms with Crippen LogP contribution in [0, 0.1) is 10.1 Å². The van der Waals surface area contributed by atoms with Crippen LogP contribution in [0.5, 0.6) is 0 Å². The Bertz CT molecular complexity index is 897. The van der Waals surface area contributed by atoms with E-state index in [1.807, 2.05) is 6.07 Å². The van der Waals surface area contributed by atoms with Gasteiger partial charge in [-0.3, -0.25) is 19.7 Å². The SMILES string of the molecule is CN(N=Cc1ccc[n+](CCCS(=O)(=O)O)c1)c1ccc([N+](=O)[O-])cc1. The highest BCUT2D eigenvalue weighted by molar-refractivity contribution is 7.85. The van der Waals surface area contributed by atoms with Gasteiger partial charge in [0.25, 0.3) is 15.8 Å². The molecule has 0 saturated carbocycles. The molecule has 1 aromatic heterocycles. The van der Waals surface area contributed by atoms with Gasteiger partial charge in [0, 0.05) is 31.7 Å². The molecule has 0 aliphatic heterocycles. The molecular weight excluding hydrogens is 360 g/mol. The normalized spacial score (nSPS) is 11.6. The average Bonchev–Trinajstić information content (AvgIpc) is 2.59. The zero-order valence-electron chi connectivity index (χ0n) is 14.1. The lowest BCUT2D eigenvalue weighted by molar-refractivity contribution is -0.696. The molecule has 138 valence electrons. The zero-order valence-corrected chi connectivity index (χ0v) is 14.9. The van der Waals surface area contributed by atoms with Crippen molar-refractivity contribution in [2.75, 3.05) is 17.8 Å². The van der Waals surface area contributed by atoms with Gasteiger partial charge in [-0.25, -0.2) is 4.57 Å². The second-order valence-corrected chi connectivity index (χ2v) is 7.13.